The van der Waals surface area contributed by atoms with Gasteiger partial charge in [0, 0.05) is 12.2 Å². The van der Waals surface area contributed by atoms with Gasteiger partial charge in [0.25, 0.3) is 0 Å². The number of anilines is 1. The van der Waals surface area contributed by atoms with Crippen LogP contribution < -0.4 is 5.32 Å². The van der Waals surface area contributed by atoms with Crippen molar-refractivity contribution in [3.8, 4) is 0 Å². The second kappa shape index (κ2) is 3.84. The van der Waals surface area contributed by atoms with Crippen LogP contribution in [0.2, 0.25) is 0 Å². The first kappa shape index (κ1) is 9.89. The third-order valence-corrected chi connectivity index (χ3v) is 2.56. The Hall–Kier alpha value is -1.65. The van der Waals surface area contributed by atoms with Crippen molar-refractivity contribution in [2.24, 2.45) is 5.92 Å². The van der Waals surface area contributed by atoms with Gasteiger partial charge in [-0.2, -0.15) is 0 Å². The zero-order valence-corrected chi connectivity index (χ0v) is 8.47. The summed E-state index contributed by atoms with van der Waals surface area (Å²) in [6.07, 6.45) is 3.91. The predicted octanol–water partition coefficient (Wildman–Crippen LogP) is 1.39. The van der Waals surface area contributed by atoms with Crippen molar-refractivity contribution in [1.29, 1.82) is 0 Å². The molecule has 0 amide bonds. The minimum atomic E-state index is -1.03. The SMILES string of the molecule is CC(Nc1nccc(C(=O)O)n1)C1CC1. The number of carboxylic acid groups (broad SMARTS) is 1. The van der Waals surface area contributed by atoms with Crippen LogP contribution in [0.15, 0.2) is 12.3 Å². The lowest BCUT2D eigenvalue weighted by molar-refractivity contribution is 0.0690. The zero-order valence-electron chi connectivity index (χ0n) is 8.47. The summed E-state index contributed by atoms with van der Waals surface area (Å²) in [7, 11) is 0. The molecule has 1 aromatic rings. The molecule has 5 nitrogen and oxygen atoms in total. The molecule has 80 valence electrons. The Labute approximate surface area is 87.6 Å². The van der Waals surface area contributed by atoms with Crippen LogP contribution in [0.3, 0.4) is 0 Å². The second-order valence-corrected chi connectivity index (χ2v) is 3.84. The van der Waals surface area contributed by atoms with Crippen molar-refractivity contribution in [1.82, 2.24) is 9.97 Å². The monoisotopic (exact) mass is 207 g/mol. The van der Waals surface area contributed by atoms with Crippen molar-refractivity contribution >= 4 is 11.9 Å². The zero-order chi connectivity index (χ0) is 10.8. The summed E-state index contributed by atoms with van der Waals surface area (Å²) in [6, 6.07) is 1.70. The van der Waals surface area contributed by atoms with Gasteiger partial charge >= 0.3 is 5.97 Å². The van der Waals surface area contributed by atoms with E-state index in [2.05, 4.69) is 22.2 Å². The maximum absolute atomic E-state index is 10.7. The largest absolute Gasteiger partial charge is 0.477 e. The van der Waals surface area contributed by atoms with Gasteiger partial charge in [0.2, 0.25) is 5.95 Å². The van der Waals surface area contributed by atoms with Gasteiger partial charge in [-0.15, -0.1) is 0 Å². The summed E-state index contributed by atoms with van der Waals surface area (Å²) < 4.78 is 0. The molecule has 0 aliphatic heterocycles. The number of aromatic nitrogens is 2. The molecule has 0 spiro atoms. The van der Waals surface area contributed by atoms with Gasteiger partial charge in [-0.3, -0.25) is 0 Å². The maximum Gasteiger partial charge on any atom is 0.354 e. The first-order valence-electron chi connectivity index (χ1n) is 4.99. The lowest BCUT2D eigenvalue weighted by atomic mass is 10.2. The highest BCUT2D eigenvalue weighted by molar-refractivity contribution is 5.85. The number of rotatable bonds is 4. The quantitative estimate of drug-likeness (QED) is 0.780. The number of nitrogens with zero attached hydrogens (tertiary/aromatic N) is 2. The van der Waals surface area contributed by atoms with Crippen molar-refractivity contribution in [2.75, 3.05) is 5.32 Å². The summed E-state index contributed by atoms with van der Waals surface area (Å²) in [6.45, 7) is 2.06. The van der Waals surface area contributed by atoms with Crippen molar-refractivity contribution < 1.29 is 9.90 Å². The number of aromatic carboxylic acids is 1. The Morgan fingerprint density at radius 2 is 2.40 bits per heavy atom. The molecule has 15 heavy (non-hydrogen) atoms. The number of hydrogen-bond acceptors (Lipinski definition) is 4. The summed E-state index contributed by atoms with van der Waals surface area (Å²) >= 11 is 0. The van der Waals surface area contributed by atoms with Crippen LogP contribution in [0.1, 0.15) is 30.3 Å². The molecule has 1 aliphatic rings. The average Bonchev–Trinajstić information content (AvgIpc) is 3.01. The van der Waals surface area contributed by atoms with E-state index < -0.39 is 5.97 Å². The van der Waals surface area contributed by atoms with E-state index in [1.807, 2.05) is 0 Å². The van der Waals surface area contributed by atoms with Crippen LogP contribution in [0.5, 0.6) is 0 Å². The van der Waals surface area contributed by atoms with E-state index in [9.17, 15) is 4.79 Å². The molecule has 1 fully saturated rings. The number of nitrogens with one attached hydrogen (secondary N) is 1. The average molecular weight is 207 g/mol. The van der Waals surface area contributed by atoms with E-state index in [0.717, 1.165) is 0 Å². The van der Waals surface area contributed by atoms with Gasteiger partial charge in [0.1, 0.15) is 0 Å². The van der Waals surface area contributed by atoms with E-state index in [4.69, 9.17) is 5.11 Å². The van der Waals surface area contributed by atoms with Gasteiger partial charge in [-0.1, -0.05) is 0 Å². The minimum absolute atomic E-state index is 0.0236. The van der Waals surface area contributed by atoms with Gasteiger partial charge < -0.3 is 10.4 Å². The lowest BCUT2D eigenvalue weighted by Crippen LogP contribution is -2.19. The molecule has 1 unspecified atom stereocenters. The first-order valence-corrected chi connectivity index (χ1v) is 4.99. The fourth-order valence-electron chi connectivity index (χ4n) is 1.47. The highest BCUT2D eigenvalue weighted by Gasteiger charge is 2.28. The molecule has 0 bridgehead atoms. The summed E-state index contributed by atoms with van der Waals surface area (Å²) in [5.74, 6) is 0.0518. The first-order chi connectivity index (χ1) is 7.16. The lowest BCUT2D eigenvalue weighted by Gasteiger charge is -2.12. The molecule has 0 saturated heterocycles. The minimum Gasteiger partial charge on any atom is -0.477 e. The molecule has 0 aromatic carbocycles. The molecule has 0 radical (unpaired) electrons. The predicted molar refractivity (Wildman–Crippen MR) is 54.8 cm³/mol. The van der Waals surface area contributed by atoms with E-state index in [0.29, 0.717) is 17.9 Å². The Morgan fingerprint density at radius 1 is 1.67 bits per heavy atom. The molecular formula is C10H13N3O2. The molecule has 2 N–H and O–H groups in total. The van der Waals surface area contributed by atoms with Gasteiger partial charge in [0.15, 0.2) is 5.69 Å². The van der Waals surface area contributed by atoms with Crippen molar-refractivity contribution in [3.05, 3.63) is 18.0 Å². The molecule has 2 rings (SSSR count). The smallest absolute Gasteiger partial charge is 0.354 e. The van der Waals surface area contributed by atoms with Gasteiger partial charge in [0.05, 0.1) is 0 Å². The van der Waals surface area contributed by atoms with Crippen molar-refractivity contribution in [2.45, 2.75) is 25.8 Å². The van der Waals surface area contributed by atoms with E-state index in [-0.39, 0.29) is 5.69 Å². The Kier molecular flexibility index (Phi) is 2.53. The topological polar surface area (TPSA) is 75.1 Å². The van der Waals surface area contributed by atoms with Crippen LogP contribution in [-0.2, 0) is 0 Å². The highest BCUT2D eigenvalue weighted by Crippen LogP contribution is 2.33. The molecule has 1 saturated carbocycles. The highest BCUT2D eigenvalue weighted by atomic mass is 16.4. The number of carboxylic acids is 1. The fourth-order valence-corrected chi connectivity index (χ4v) is 1.47. The van der Waals surface area contributed by atoms with Gasteiger partial charge in [-0.25, -0.2) is 14.8 Å². The van der Waals surface area contributed by atoms with Crippen LogP contribution in [0.25, 0.3) is 0 Å². The molecule has 1 atom stereocenters. The number of carbonyl (C=O) groups is 1. The molecule has 1 aliphatic carbocycles. The molecule has 1 aromatic heterocycles. The Morgan fingerprint density at radius 3 is 3.00 bits per heavy atom. The summed E-state index contributed by atoms with van der Waals surface area (Å²) in [5.41, 5.74) is 0.0236. The summed E-state index contributed by atoms with van der Waals surface area (Å²) in [5, 5.41) is 11.9. The maximum atomic E-state index is 10.7. The van der Waals surface area contributed by atoms with E-state index >= 15 is 0 Å². The number of hydrogen-bond donors (Lipinski definition) is 2. The Bertz CT molecular complexity index is 377. The standard InChI is InChI=1S/C10H13N3O2/c1-6(7-2-3-7)12-10-11-5-4-8(13-10)9(14)15/h4-7H,2-3H2,1H3,(H,14,15)(H,11,12,13). The molecule has 1 heterocycles. The molecular weight excluding hydrogens is 194 g/mol. The third-order valence-electron chi connectivity index (χ3n) is 2.56. The van der Waals surface area contributed by atoms with Crippen LogP contribution >= 0.6 is 0 Å². The molecule has 5 heteroatoms. The summed E-state index contributed by atoms with van der Waals surface area (Å²) in [4.78, 5) is 18.6. The normalized spacial score (nSPS) is 17.1. The Balaban J connectivity index is 2.07. The van der Waals surface area contributed by atoms with Crippen LogP contribution in [0.4, 0.5) is 5.95 Å². The third kappa shape index (κ3) is 2.43. The van der Waals surface area contributed by atoms with Crippen LogP contribution in [0, 0.1) is 5.92 Å². The van der Waals surface area contributed by atoms with Crippen molar-refractivity contribution in [3.63, 3.8) is 0 Å². The van der Waals surface area contributed by atoms with Crippen LogP contribution in [-0.4, -0.2) is 27.1 Å². The van der Waals surface area contributed by atoms with E-state index in [1.165, 1.54) is 25.1 Å². The second-order valence-electron chi connectivity index (χ2n) is 3.84. The van der Waals surface area contributed by atoms with Gasteiger partial charge in [-0.05, 0) is 31.7 Å². The van der Waals surface area contributed by atoms with E-state index in [1.54, 1.807) is 0 Å². The fraction of sp³-hybridized carbons (Fsp3) is 0.500.